The van der Waals surface area contributed by atoms with Crippen LogP contribution in [-0.2, 0) is 16.1 Å². The van der Waals surface area contributed by atoms with Crippen molar-refractivity contribution in [3.63, 3.8) is 0 Å². The van der Waals surface area contributed by atoms with Gasteiger partial charge < -0.3 is 23.7 Å². The Morgan fingerprint density at radius 1 is 0.844 bits per heavy atom. The second-order valence-corrected chi connectivity index (χ2v) is 6.97. The van der Waals surface area contributed by atoms with Crippen LogP contribution in [0.3, 0.4) is 0 Å². The second-order valence-electron chi connectivity index (χ2n) is 6.25. The number of methoxy groups -OCH3 is 3. The van der Waals surface area contributed by atoms with Gasteiger partial charge in [-0.25, -0.2) is 19.4 Å². The molecule has 0 saturated heterocycles. The molecular formula is C22H19NO8S. The van der Waals surface area contributed by atoms with E-state index >= 15 is 0 Å². The van der Waals surface area contributed by atoms with Crippen LogP contribution in [0.4, 0.5) is 0 Å². The zero-order valence-corrected chi connectivity index (χ0v) is 18.3. The minimum absolute atomic E-state index is 0.0267. The summed E-state index contributed by atoms with van der Waals surface area (Å²) in [5.74, 6) is -1.40. The average molecular weight is 457 g/mol. The van der Waals surface area contributed by atoms with Crippen molar-refractivity contribution in [2.75, 3.05) is 21.3 Å². The smallest absolute Gasteiger partial charge is 0.343 e. The van der Waals surface area contributed by atoms with E-state index in [1.54, 1.807) is 11.6 Å². The van der Waals surface area contributed by atoms with Crippen LogP contribution in [0.5, 0.6) is 17.2 Å². The SMILES string of the molecule is COC(=O)c1cc(OC(=O)c2ccc(OCc3cscn3)c(OC)c2)cc(C(=O)OC)c1. The van der Waals surface area contributed by atoms with E-state index < -0.39 is 17.9 Å². The van der Waals surface area contributed by atoms with Crippen molar-refractivity contribution in [3.8, 4) is 17.2 Å². The fourth-order valence-corrected chi connectivity index (χ4v) is 3.21. The molecule has 0 saturated carbocycles. The first-order valence-electron chi connectivity index (χ1n) is 9.17. The number of aromatic nitrogens is 1. The van der Waals surface area contributed by atoms with Crippen molar-refractivity contribution >= 4 is 29.2 Å². The maximum Gasteiger partial charge on any atom is 0.343 e. The van der Waals surface area contributed by atoms with Gasteiger partial charge in [-0.05, 0) is 36.4 Å². The number of nitrogens with zero attached hydrogens (tertiary/aromatic N) is 1. The van der Waals surface area contributed by atoms with E-state index in [0.717, 1.165) is 5.69 Å². The van der Waals surface area contributed by atoms with Crippen molar-refractivity contribution in [2.45, 2.75) is 6.61 Å². The number of ether oxygens (including phenoxy) is 5. The predicted octanol–water partition coefficient (Wildman–Crippen LogP) is 3.52. The highest BCUT2D eigenvalue weighted by Gasteiger charge is 2.18. The van der Waals surface area contributed by atoms with Crippen molar-refractivity contribution < 1.29 is 38.1 Å². The first-order valence-corrected chi connectivity index (χ1v) is 10.1. The molecule has 0 radical (unpaired) electrons. The molecule has 3 aromatic rings. The van der Waals surface area contributed by atoms with E-state index in [1.807, 2.05) is 5.38 Å². The summed E-state index contributed by atoms with van der Waals surface area (Å²) in [5.41, 5.74) is 2.71. The van der Waals surface area contributed by atoms with Crippen molar-refractivity contribution in [3.05, 3.63) is 69.7 Å². The first-order chi connectivity index (χ1) is 15.4. The minimum Gasteiger partial charge on any atom is -0.493 e. The lowest BCUT2D eigenvalue weighted by atomic mass is 10.1. The third-order valence-electron chi connectivity index (χ3n) is 4.22. The maximum absolute atomic E-state index is 12.7. The summed E-state index contributed by atoms with van der Waals surface area (Å²) in [6.45, 7) is 0.250. The van der Waals surface area contributed by atoms with Gasteiger partial charge in [0, 0.05) is 5.38 Å². The fourth-order valence-electron chi connectivity index (χ4n) is 2.67. The van der Waals surface area contributed by atoms with Crippen LogP contribution in [0.15, 0.2) is 47.3 Å². The molecule has 1 aromatic heterocycles. The minimum atomic E-state index is -0.729. The Bertz CT molecular complexity index is 1090. The molecule has 0 aliphatic rings. The molecule has 0 bridgehead atoms. The molecule has 3 rings (SSSR count). The summed E-state index contributed by atoms with van der Waals surface area (Å²) in [5, 5.41) is 1.86. The topological polar surface area (TPSA) is 110 Å². The summed E-state index contributed by atoms with van der Waals surface area (Å²) >= 11 is 1.46. The van der Waals surface area contributed by atoms with Gasteiger partial charge in [-0.1, -0.05) is 0 Å². The standard InChI is InChI=1S/C22H19NO8S/c1-27-19-9-13(4-5-18(19)30-10-16-11-32-12-23-16)22(26)31-17-7-14(20(24)28-2)6-15(8-17)21(25)29-3/h4-9,11-12H,10H2,1-3H3. The zero-order chi connectivity index (χ0) is 23.1. The van der Waals surface area contributed by atoms with Gasteiger partial charge in [-0.2, -0.15) is 0 Å². The third kappa shape index (κ3) is 5.41. The number of benzene rings is 2. The van der Waals surface area contributed by atoms with Gasteiger partial charge in [0.1, 0.15) is 12.4 Å². The third-order valence-corrected chi connectivity index (χ3v) is 4.85. The summed E-state index contributed by atoms with van der Waals surface area (Å²) < 4.78 is 25.7. The van der Waals surface area contributed by atoms with E-state index in [-0.39, 0.29) is 29.0 Å². The monoisotopic (exact) mass is 457 g/mol. The van der Waals surface area contributed by atoms with Crippen LogP contribution in [-0.4, -0.2) is 44.2 Å². The van der Waals surface area contributed by atoms with Crippen LogP contribution in [0.2, 0.25) is 0 Å². The molecular weight excluding hydrogens is 438 g/mol. The van der Waals surface area contributed by atoms with Gasteiger partial charge in [0.25, 0.3) is 0 Å². The van der Waals surface area contributed by atoms with Gasteiger partial charge in [0.2, 0.25) is 0 Å². The van der Waals surface area contributed by atoms with Crippen molar-refractivity contribution in [1.29, 1.82) is 0 Å². The van der Waals surface area contributed by atoms with Crippen molar-refractivity contribution in [1.82, 2.24) is 4.98 Å². The number of esters is 3. The lowest BCUT2D eigenvalue weighted by Gasteiger charge is -2.12. The van der Waals surface area contributed by atoms with Gasteiger partial charge in [-0.3, -0.25) is 0 Å². The molecule has 0 atom stereocenters. The van der Waals surface area contributed by atoms with Gasteiger partial charge in [-0.15, -0.1) is 11.3 Å². The van der Waals surface area contributed by atoms with E-state index in [0.29, 0.717) is 11.5 Å². The van der Waals surface area contributed by atoms with Crippen LogP contribution in [0, 0.1) is 0 Å². The molecule has 1 heterocycles. The molecule has 0 amide bonds. The summed E-state index contributed by atoms with van der Waals surface area (Å²) in [6.07, 6.45) is 0. The Morgan fingerprint density at radius 2 is 1.53 bits per heavy atom. The molecule has 166 valence electrons. The maximum atomic E-state index is 12.7. The Kier molecular flexibility index (Phi) is 7.40. The molecule has 0 aliphatic carbocycles. The second kappa shape index (κ2) is 10.4. The van der Waals surface area contributed by atoms with Crippen LogP contribution < -0.4 is 14.2 Å². The molecule has 0 spiro atoms. The van der Waals surface area contributed by atoms with Gasteiger partial charge in [0.05, 0.1) is 49.2 Å². The zero-order valence-electron chi connectivity index (χ0n) is 17.4. The van der Waals surface area contributed by atoms with E-state index in [4.69, 9.17) is 14.2 Å². The van der Waals surface area contributed by atoms with E-state index in [1.165, 1.54) is 63.0 Å². The molecule has 2 aromatic carbocycles. The number of rotatable bonds is 8. The number of carbonyl (C=O) groups is 3. The van der Waals surface area contributed by atoms with Crippen molar-refractivity contribution in [2.24, 2.45) is 0 Å². The Hall–Kier alpha value is -3.92. The molecule has 9 nitrogen and oxygen atoms in total. The highest BCUT2D eigenvalue weighted by molar-refractivity contribution is 7.07. The average Bonchev–Trinajstić information content (AvgIpc) is 3.34. The highest BCUT2D eigenvalue weighted by atomic mass is 32.1. The molecule has 0 fully saturated rings. The molecule has 10 heteroatoms. The van der Waals surface area contributed by atoms with Crippen LogP contribution >= 0.6 is 11.3 Å². The molecule has 32 heavy (non-hydrogen) atoms. The highest BCUT2D eigenvalue weighted by Crippen LogP contribution is 2.29. The molecule has 0 unspecified atom stereocenters. The largest absolute Gasteiger partial charge is 0.493 e. The Balaban J connectivity index is 1.81. The number of hydrogen-bond donors (Lipinski definition) is 0. The molecule has 0 aliphatic heterocycles. The predicted molar refractivity (Wildman–Crippen MR) is 114 cm³/mol. The Labute approximate surface area is 187 Å². The normalized spacial score (nSPS) is 10.2. The van der Waals surface area contributed by atoms with Gasteiger partial charge in [0.15, 0.2) is 11.5 Å². The number of thiazole rings is 1. The van der Waals surface area contributed by atoms with E-state index in [2.05, 4.69) is 14.5 Å². The number of carbonyl (C=O) groups excluding carboxylic acids is 3. The van der Waals surface area contributed by atoms with Crippen LogP contribution in [0.25, 0.3) is 0 Å². The lowest BCUT2D eigenvalue weighted by Crippen LogP contribution is -2.12. The van der Waals surface area contributed by atoms with Crippen LogP contribution in [0.1, 0.15) is 36.8 Å². The summed E-state index contributed by atoms with van der Waals surface area (Å²) in [6, 6.07) is 8.41. The summed E-state index contributed by atoms with van der Waals surface area (Å²) in [7, 11) is 3.84. The number of hydrogen-bond acceptors (Lipinski definition) is 10. The lowest BCUT2D eigenvalue weighted by molar-refractivity contribution is 0.0593. The first kappa shape index (κ1) is 22.8. The van der Waals surface area contributed by atoms with Gasteiger partial charge >= 0.3 is 17.9 Å². The quantitative estimate of drug-likeness (QED) is 0.370. The fraction of sp³-hybridized carbons (Fsp3) is 0.182. The Morgan fingerprint density at radius 3 is 2.09 bits per heavy atom. The van der Waals surface area contributed by atoms with E-state index in [9.17, 15) is 14.4 Å². The molecule has 0 N–H and O–H groups in total. The summed E-state index contributed by atoms with van der Waals surface area (Å²) in [4.78, 5) is 40.6.